The maximum Gasteiger partial charge on any atom is 0.404 e. The molecule has 2 nitrogen and oxygen atoms in total. The first-order valence-corrected chi connectivity index (χ1v) is 4.25. The van der Waals surface area contributed by atoms with E-state index < -0.39 is 35.3 Å². The van der Waals surface area contributed by atoms with Crippen LogP contribution < -0.4 is 5.73 Å². The second-order valence-electron chi connectivity index (χ2n) is 3.33. The topological polar surface area (TPSA) is 46.2 Å². The molecule has 1 rings (SSSR count). The Kier molecular flexibility index (Phi) is 3.17. The Balaban J connectivity index is 3.29. The van der Waals surface area contributed by atoms with E-state index in [1.54, 1.807) is 0 Å². The van der Waals surface area contributed by atoms with E-state index in [9.17, 15) is 26.3 Å². The quantitative estimate of drug-likeness (QED) is 0.462. The standard InChI is InChI=1S/C9H7F6NO/c10-8(11,12)7(9(13,14)15)4-1-2-6(17)5(16)3-4/h1-3,7,17H,16H2. The molecular weight excluding hydrogens is 252 g/mol. The molecule has 0 aliphatic carbocycles. The number of halogens is 6. The van der Waals surface area contributed by atoms with Gasteiger partial charge in [-0.25, -0.2) is 0 Å². The van der Waals surface area contributed by atoms with Gasteiger partial charge in [-0.3, -0.25) is 0 Å². The number of hydrogen-bond acceptors (Lipinski definition) is 2. The monoisotopic (exact) mass is 259 g/mol. The van der Waals surface area contributed by atoms with Crippen molar-refractivity contribution in [1.82, 2.24) is 0 Å². The smallest absolute Gasteiger partial charge is 0.404 e. The molecule has 0 aromatic heterocycles. The van der Waals surface area contributed by atoms with E-state index in [1.165, 1.54) is 0 Å². The Morgan fingerprint density at radius 2 is 1.47 bits per heavy atom. The van der Waals surface area contributed by atoms with Crippen LogP contribution in [0.4, 0.5) is 32.0 Å². The zero-order valence-electron chi connectivity index (χ0n) is 8.10. The number of nitrogens with two attached hydrogens (primary N) is 1. The van der Waals surface area contributed by atoms with Gasteiger partial charge >= 0.3 is 12.4 Å². The molecule has 17 heavy (non-hydrogen) atoms. The summed E-state index contributed by atoms with van der Waals surface area (Å²) in [6.45, 7) is 0. The van der Waals surface area contributed by atoms with Crippen molar-refractivity contribution in [1.29, 1.82) is 0 Å². The molecule has 0 unspecified atom stereocenters. The molecule has 0 aliphatic heterocycles. The van der Waals surface area contributed by atoms with Gasteiger partial charge in [-0.2, -0.15) is 26.3 Å². The average molecular weight is 259 g/mol. The molecule has 8 heteroatoms. The largest absolute Gasteiger partial charge is 0.506 e. The Labute approximate surface area is 91.7 Å². The van der Waals surface area contributed by atoms with E-state index in [-0.39, 0.29) is 0 Å². The summed E-state index contributed by atoms with van der Waals surface area (Å²) in [6, 6.07) is 1.69. The van der Waals surface area contributed by atoms with E-state index in [1.807, 2.05) is 0 Å². The van der Waals surface area contributed by atoms with Crippen molar-refractivity contribution in [2.45, 2.75) is 18.3 Å². The van der Waals surface area contributed by atoms with Gasteiger partial charge in [0.2, 0.25) is 0 Å². The minimum Gasteiger partial charge on any atom is -0.506 e. The molecule has 0 amide bonds. The fraction of sp³-hybridized carbons (Fsp3) is 0.333. The van der Waals surface area contributed by atoms with Gasteiger partial charge < -0.3 is 10.8 Å². The molecule has 0 heterocycles. The van der Waals surface area contributed by atoms with Crippen molar-refractivity contribution in [3.63, 3.8) is 0 Å². The molecule has 0 saturated carbocycles. The number of anilines is 1. The molecule has 3 N–H and O–H groups in total. The molecular formula is C9H7F6NO. The normalized spacial score (nSPS) is 13.1. The van der Waals surface area contributed by atoms with Gasteiger partial charge in [-0.05, 0) is 17.7 Å². The number of phenols is 1. The van der Waals surface area contributed by atoms with Crippen LogP contribution in [0.3, 0.4) is 0 Å². The molecule has 0 atom stereocenters. The molecule has 0 bridgehead atoms. The third-order valence-electron chi connectivity index (χ3n) is 2.04. The van der Waals surface area contributed by atoms with Gasteiger partial charge in [0.1, 0.15) is 5.75 Å². The van der Waals surface area contributed by atoms with E-state index >= 15 is 0 Å². The van der Waals surface area contributed by atoms with Crippen LogP contribution in [0.1, 0.15) is 11.5 Å². The lowest BCUT2D eigenvalue weighted by atomic mass is 9.97. The zero-order valence-corrected chi connectivity index (χ0v) is 8.10. The number of aromatic hydroxyl groups is 1. The van der Waals surface area contributed by atoms with E-state index in [0.717, 1.165) is 0 Å². The molecule has 0 saturated heterocycles. The molecule has 0 spiro atoms. The summed E-state index contributed by atoms with van der Waals surface area (Å²) in [6.07, 6.45) is -10.9. The first-order valence-electron chi connectivity index (χ1n) is 4.25. The summed E-state index contributed by atoms with van der Waals surface area (Å²) in [5.74, 6) is -4.19. The van der Waals surface area contributed by atoms with Crippen molar-refractivity contribution in [3.8, 4) is 5.75 Å². The van der Waals surface area contributed by atoms with Gasteiger partial charge in [-0.1, -0.05) is 6.07 Å². The van der Waals surface area contributed by atoms with E-state index in [0.29, 0.717) is 18.2 Å². The number of rotatable bonds is 1. The highest BCUT2D eigenvalue weighted by molar-refractivity contribution is 5.54. The molecule has 0 fully saturated rings. The fourth-order valence-corrected chi connectivity index (χ4v) is 1.32. The predicted octanol–water partition coefficient (Wildman–Crippen LogP) is 3.18. The van der Waals surface area contributed by atoms with Gasteiger partial charge in [-0.15, -0.1) is 0 Å². The summed E-state index contributed by atoms with van der Waals surface area (Å²) in [7, 11) is 0. The van der Waals surface area contributed by atoms with Crippen molar-refractivity contribution < 1.29 is 31.4 Å². The molecule has 1 aromatic rings. The van der Waals surface area contributed by atoms with Crippen LogP contribution in [0.5, 0.6) is 5.75 Å². The van der Waals surface area contributed by atoms with Crippen molar-refractivity contribution in [2.24, 2.45) is 0 Å². The number of hydrogen-bond donors (Lipinski definition) is 2. The van der Waals surface area contributed by atoms with Crippen LogP contribution in [0.15, 0.2) is 18.2 Å². The van der Waals surface area contributed by atoms with Crippen LogP contribution in [-0.2, 0) is 0 Å². The number of phenolic OH excluding ortho intramolecular Hbond substituents is 1. The van der Waals surface area contributed by atoms with Crippen molar-refractivity contribution in [3.05, 3.63) is 23.8 Å². The maximum atomic E-state index is 12.3. The summed E-state index contributed by atoms with van der Waals surface area (Å²) >= 11 is 0. The summed E-state index contributed by atoms with van der Waals surface area (Å²) in [4.78, 5) is 0. The fourth-order valence-electron chi connectivity index (χ4n) is 1.32. The highest BCUT2D eigenvalue weighted by Crippen LogP contribution is 2.47. The molecule has 0 radical (unpaired) electrons. The van der Waals surface area contributed by atoms with Crippen LogP contribution in [0, 0.1) is 0 Å². The van der Waals surface area contributed by atoms with Crippen LogP contribution in [0.2, 0.25) is 0 Å². The Bertz CT molecular complexity index is 397. The zero-order chi connectivity index (χ0) is 13.4. The number of alkyl halides is 6. The molecule has 1 aromatic carbocycles. The molecule has 0 aliphatic rings. The van der Waals surface area contributed by atoms with E-state index in [4.69, 9.17) is 10.8 Å². The number of benzene rings is 1. The first kappa shape index (κ1) is 13.5. The van der Waals surface area contributed by atoms with Crippen LogP contribution in [-0.4, -0.2) is 17.5 Å². The highest BCUT2D eigenvalue weighted by Gasteiger charge is 2.57. The van der Waals surface area contributed by atoms with Gasteiger partial charge in [0, 0.05) is 0 Å². The Morgan fingerprint density at radius 3 is 1.82 bits per heavy atom. The third kappa shape index (κ3) is 2.95. The summed E-state index contributed by atoms with van der Waals surface area (Å²) in [5, 5.41) is 8.94. The van der Waals surface area contributed by atoms with Crippen LogP contribution >= 0.6 is 0 Å². The summed E-state index contributed by atoms with van der Waals surface area (Å²) < 4.78 is 73.9. The van der Waals surface area contributed by atoms with Crippen molar-refractivity contribution in [2.75, 3.05) is 5.73 Å². The minimum absolute atomic E-state index is 0.459. The van der Waals surface area contributed by atoms with Gasteiger partial charge in [0.25, 0.3) is 0 Å². The van der Waals surface area contributed by atoms with Gasteiger partial charge in [0.15, 0.2) is 5.92 Å². The second-order valence-corrected chi connectivity index (χ2v) is 3.33. The van der Waals surface area contributed by atoms with Crippen molar-refractivity contribution >= 4 is 5.69 Å². The lowest BCUT2D eigenvalue weighted by Crippen LogP contribution is -2.34. The first-order chi connectivity index (χ1) is 7.53. The second kappa shape index (κ2) is 4.01. The minimum atomic E-state index is -5.47. The third-order valence-corrected chi connectivity index (χ3v) is 2.04. The van der Waals surface area contributed by atoms with Crippen LogP contribution in [0.25, 0.3) is 0 Å². The Morgan fingerprint density at radius 1 is 1.00 bits per heavy atom. The SMILES string of the molecule is Nc1cc(C(C(F)(F)F)C(F)(F)F)ccc1O. The maximum absolute atomic E-state index is 12.3. The number of nitrogen functional groups attached to an aromatic ring is 1. The van der Waals surface area contributed by atoms with E-state index in [2.05, 4.69) is 0 Å². The predicted molar refractivity (Wildman–Crippen MR) is 47.4 cm³/mol. The lowest BCUT2D eigenvalue weighted by molar-refractivity contribution is -0.253. The average Bonchev–Trinajstić information content (AvgIpc) is 2.06. The molecule has 96 valence electrons. The lowest BCUT2D eigenvalue weighted by Gasteiger charge is -2.23. The van der Waals surface area contributed by atoms with Gasteiger partial charge in [0.05, 0.1) is 5.69 Å². The highest BCUT2D eigenvalue weighted by atomic mass is 19.4. The summed E-state index contributed by atoms with van der Waals surface area (Å²) in [5.41, 5.74) is 3.46. The Hall–Kier alpha value is -1.60.